The van der Waals surface area contributed by atoms with Gasteiger partial charge in [0.15, 0.2) is 0 Å². The lowest BCUT2D eigenvalue weighted by atomic mass is 10.2. The van der Waals surface area contributed by atoms with E-state index in [0.29, 0.717) is 26.4 Å². The number of benzene rings is 2. The Labute approximate surface area is 219 Å². The number of thioether (sulfide) groups is 1. The van der Waals surface area contributed by atoms with Crippen molar-refractivity contribution in [3.63, 3.8) is 0 Å². The number of thiocarbonyl (C=S) groups is 1. The molecule has 2 aromatic carbocycles. The van der Waals surface area contributed by atoms with E-state index in [1.54, 1.807) is 36.5 Å². The van der Waals surface area contributed by atoms with Gasteiger partial charge in [0.05, 0.1) is 16.5 Å². The Kier molecular flexibility index (Phi) is 6.62. The molecule has 1 aliphatic heterocycles. The Morgan fingerprint density at radius 3 is 2.57 bits per heavy atom. The molecule has 6 nitrogen and oxygen atoms in total. The number of fused-ring (bicyclic) bond motifs is 1. The molecule has 35 heavy (non-hydrogen) atoms. The first kappa shape index (κ1) is 23.6. The van der Waals surface area contributed by atoms with Crippen molar-refractivity contribution in [2.75, 3.05) is 0 Å². The van der Waals surface area contributed by atoms with Gasteiger partial charge >= 0.3 is 0 Å². The molecule has 0 N–H and O–H groups in total. The molecule has 0 atom stereocenters. The summed E-state index contributed by atoms with van der Waals surface area (Å²) in [6.07, 6.45) is 3.07. The van der Waals surface area contributed by atoms with Gasteiger partial charge in [-0.15, -0.1) is 0 Å². The largest absolute Gasteiger partial charge is 0.437 e. The first-order chi connectivity index (χ1) is 16.9. The van der Waals surface area contributed by atoms with Crippen LogP contribution in [0.3, 0.4) is 0 Å². The van der Waals surface area contributed by atoms with Crippen LogP contribution in [0.1, 0.15) is 11.1 Å². The van der Waals surface area contributed by atoms with E-state index in [4.69, 9.17) is 40.2 Å². The minimum atomic E-state index is -0.399. The summed E-state index contributed by atoms with van der Waals surface area (Å²) in [4.78, 5) is 32.9. The van der Waals surface area contributed by atoms with Crippen LogP contribution in [0, 0.1) is 0 Å². The van der Waals surface area contributed by atoms with Crippen molar-refractivity contribution >= 4 is 69.1 Å². The Hall–Kier alpha value is -3.17. The Balaban J connectivity index is 1.58. The van der Waals surface area contributed by atoms with Crippen LogP contribution in [0.2, 0.25) is 10.0 Å². The van der Waals surface area contributed by atoms with Crippen LogP contribution in [0.25, 0.3) is 11.7 Å². The second-order valence-electron chi connectivity index (χ2n) is 7.49. The highest BCUT2D eigenvalue weighted by Crippen LogP contribution is 2.36. The maximum absolute atomic E-state index is 13.4. The minimum Gasteiger partial charge on any atom is -0.437 e. The van der Waals surface area contributed by atoms with Gasteiger partial charge in [0.25, 0.3) is 11.5 Å². The topological polar surface area (TPSA) is 63.9 Å². The van der Waals surface area contributed by atoms with Crippen LogP contribution in [0.15, 0.2) is 82.6 Å². The summed E-state index contributed by atoms with van der Waals surface area (Å²) in [5.74, 6) is -0.00911. The molecule has 5 rings (SSSR count). The van der Waals surface area contributed by atoms with E-state index in [2.05, 4.69) is 4.98 Å². The second-order valence-corrected chi connectivity index (χ2v) is 10.0. The van der Waals surface area contributed by atoms with Crippen molar-refractivity contribution < 1.29 is 9.53 Å². The van der Waals surface area contributed by atoms with E-state index in [9.17, 15) is 9.59 Å². The molecule has 3 heterocycles. The number of carbonyl (C=O) groups is 1. The third-order valence-electron chi connectivity index (χ3n) is 5.17. The molecule has 0 saturated carbocycles. The summed E-state index contributed by atoms with van der Waals surface area (Å²) < 4.78 is 7.74. The first-order valence-corrected chi connectivity index (χ1v) is 12.3. The number of aromatic nitrogens is 2. The minimum absolute atomic E-state index is 0.0127. The normalized spacial score (nSPS) is 14.8. The van der Waals surface area contributed by atoms with Gasteiger partial charge in [-0.1, -0.05) is 83.6 Å². The SMILES string of the molecule is O=C1/C(=C\c2c(Oc3ccc(Cl)cc3Cl)nc3ccccn3c2=O)SC(=S)N1Cc1ccccc1. The molecule has 1 amide bonds. The van der Waals surface area contributed by atoms with Crippen LogP contribution in [0.5, 0.6) is 11.6 Å². The summed E-state index contributed by atoms with van der Waals surface area (Å²) in [5, 5.41) is 0.698. The molecule has 0 spiro atoms. The molecule has 0 aliphatic carbocycles. The maximum atomic E-state index is 13.4. The zero-order valence-electron chi connectivity index (χ0n) is 17.9. The molecule has 2 aromatic heterocycles. The molecule has 1 aliphatic rings. The number of rotatable bonds is 5. The quantitative estimate of drug-likeness (QED) is 0.222. The van der Waals surface area contributed by atoms with Crippen molar-refractivity contribution in [3.05, 3.63) is 109 Å². The first-order valence-electron chi connectivity index (χ1n) is 10.3. The van der Waals surface area contributed by atoms with Gasteiger partial charge in [0.1, 0.15) is 21.3 Å². The third-order valence-corrected chi connectivity index (χ3v) is 7.08. The molecular formula is C25H15Cl2N3O3S2. The third kappa shape index (κ3) is 4.83. The number of ether oxygens (including phenoxy) is 1. The van der Waals surface area contributed by atoms with Crippen LogP contribution < -0.4 is 10.3 Å². The lowest BCUT2D eigenvalue weighted by Crippen LogP contribution is -2.27. The molecular weight excluding hydrogens is 525 g/mol. The highest BCUT2D eigenvalue weighted by atomic mass is 35.5. The number of hydrogen-bond donors (Lipinski definition) is 0. The van der Waals surface area contributed by atoms with E-state index < -0.39 is 5.56 Å². The monoisotopic (exact) mass is 539 g/mol. The van der Waals surface area contributed by atoms with Crippen LogP contribution >= 0.6 is 47.2 Å². The number of hydrogen-bond acceptors (Lipinski definition) is 6. The van der Waals surface area contributed by atoms with Gasteiger partial charge in [-0.2, -0.15) is 4.98 Å². The van der Waals surface area contributed by atoms with Gasteiger partial charge in [0.2, 0.25) is 5.88 Å². The van der Waals surface area contributed by atoms with Crippen LogP contribution in [0.4, 0.5) is 0 Å². The zero-order chi connectivity index (χ0) is 24.5. The second kappa shape index (κ2) is 9.83. The standard InChI is InChI=1S/C25H15Cl2N3O3S2/c26-16-9-10-19(18(27)12-16)33-22-17(23(31)29-11-5-4-8-21(29)28-22)13-20-24(32)30(25(34)35-20)14-15-6-2-1-3-7-15/h1-13H,14H2/b20-13+. The molecule has 0 unspecified atom stereocenters. The average molecular weight is 540 g/mol. The summed E-state index contributed by atoms with van der Waals surface area (Å²) in [6.45, 7) is 0.335. The number of halogens is 2. The summed E-state index contributed by atoms with van der Waals surface area (Å²) in [5.41, 5.74) is 1.02. The molecule has 0 bridgehead atoms. The lowest BCUT2D eigenvalue weighted by molar-refractivity contribution is -0.122. The average Bonchev–Trinajstić information content (AvgIpc) is 3.11. The number of carbonyl (C=O) groups excluding carboxylic acids is 1. The fourth-order valence-electron chi connectivity index (χ4n) is 3.48. The zero-order valence-corrected chi connectivity index (χ0v) is 21.0. The maximum Gasteiger partial charge on any atom is 0.269 e. The van der Waals surface area contributed by atoms with Gasteiger partial charge in [-0.3, -0.25) is 18.9 Å². The van der Waals surface area contributed by atoms with Crippen molar-refractivity contribution in [1.29, 1.82) is 0 Å². The number of pyridine rings is 1. The van der Waals surface area contributed by atoms with Crippen molar-refractivity contribution in [2.45, 2.75) is 6.54 Å². The Morgan fingerprint density at radius 2 is 1.80 bits per heavy atom. The van der Waals surface area contributed by atoms with Crippen LogP contribution in [-0.4, -0.2) is 24.5 Å². The van der Waals surface area contributed by atoms with E-state index in [1.807, 2.05) is 30.3 Å². The highest BCUT2D eigenvalue weighted by molar-refractivity contribution is 8.26. The Bertz CT molecular complexity index is 1570. The summed E-state index contributed by atoms with van der Waals surface area (Å²) in [7, 11) is 0. The number of nitrogens with zero attached hydrogens (tertiary/aromatic N) is 3. The molecule has 0 radical (unpaired) electrons. The van der Waals surface area contributed by atoms with E-state index in [-0.39, 0.29) is 28.1 Å². The van der Waals surface area contributed by atoms with E-state index in [1.165, 1.54) is 21.4 Å². The smallest absolute Gasteiger partial charge is 0.269 e. The van der Waals surface area contributed by atoms with Gasteiger partial charge in [0, 0.05) is 11.2 Å². The highest BCUT2D eigenvalue weighted by Gasteiger charge is 2.33. The molecule has 4 aromatic rings. The van der Waals surface area contributed by atoms with Gasteiger partial charge < -0.3 is 4.74 Å². The molecule has 1 saturated heterocycles. The predicted octanol–water partition coefficient (Wildman–Crippen LogP) is 6.20. The fourth-order valence-corrected chi connectivity index (χ4v) is 5.16. The molecule has 174 valence electrons. The van der Waals surface area contributed by atoms with Gasteiger partial charge in [-0.25, -0.2) is 0 Å². The van der Waals surface area contributed by atoms with E-state index >= 15 is 0 Å². The van der Waals surface area contributed by atoms with Crippen LogP contribution in [-0.2, 0) is 11.3 Å². The summed E-state index contributed by atoms with van der Waals surface area (Å²) >= 11 is 18.9. The van der Waals surface area contributed by atoms with Gasteiger partial charge in [-0.05, 0) is 42.0 Å². The predicted molar refractivity (Wildman–Crippen MR) is 143 cm³/mol. The van der Waals surface area contributed by atoms with Crippen molar-refractivity contribution in [1.82, 2.24) is 14.3 Å². The Morgan fingerprint density at radius 1 is 1.03 bits per heavy atom. The number of amides is 1. The fraction of sp³-hybridized carbons (Fsp3) is 0.0400. The summed E-state index contributed by atoms with van der Waals surface area (Å²) in [6, 6.07) is 19.4. The van der Waals surface area contributed by atoms with Crippen molar-refractivity contribution in [3.8, 4) is 11.6 Å². The van der Waals surface area contributed by atoms with Crippen molar-refractivity contribution in [2.24, 2.45) is 0 Å². The molecule has 1 fully saturated rings. The lowest BCUT2D eigenvalue weighted by Gasteiger charge is -2.14. The molecule has 10 heteroatoms. The van der Waals surface area contributed by atoms with E-state index in [0.717, 1.165) is 17.3 Å².